The van der Waals surface area contributed by atoms with Gasteiger partial charge in [-0.1, -0.05) is 23.7 Å². The van der Waals surface area contributed by atoms with Gasteiger partial charge >= 0.3 is 6.03 Å². The molecule has 136 valence electrons. The van der Waals surface area contributed by atoms with Crippen LogP contribution in [0.25, 0.3) is 0 Å². The van der Waals surface area contributed by atoms with Crippen LogP contribution in [-0.2, 0) is 11.3 Å². The van der Waals surface area contributed by atoms with Crippen molar-refractivity contribution >= 4 is 23.5 Å². The van der Waals surface area contributed by atoms with Crippen LogP contribution in [0.2, 0.25) is 5.02 Å². The van der Waals surface area contributed by atoms with E-state index in [1.54, 1.807) is 0 Å². The molecule has 3 rings (SSSR count). The van der Waals surface area contributed by atoms with Crippen molar-refractivity contribution in [2.75, 3.05) is 19.6 Å². The molecule has 2 aliphatic rings. The van der Waals surface area contributed by atoms with Gasteiger partial charge in [-0.2, -0.15) is 0 Å². The van der Waals surface area contributed by atoms with Crippen LogP contribution < -0.4 is 5.32 Å². The number of hydrogen-bond donors (Lipinski definition) is 1. The van der Waals surface area contributed by atoms with Crippen molar-refractivity contribution < 1.29 is 9.59 Å². The average molecular weight is 364 g/mol. The standard InChI is InChI=1S/C19H26ClN3O2/c20-16-8-6-15(7-9-16)14-21-19(25)23-12-2-1-4-17(23)10-13-22-11-3-5-18(22)24/h6-9,17H,1-5,10-14H2,(H,21,25)/t17-/m0/s1. The van der Waals surface area contributed by atoms with Crippen molar-refractivity contribution in [3.63, 3.8) is 0 Å². The molecule has 0 bridgehead atoms. The molecule has 3 amide bonds. The Hall–Kier alpha value is -1.75. The van der Waals surface area contributed by atoms with E-state index in [2.05, 4.69) is 5.32 Å². The number of benzene rings is 1. The van der Waals surface area contributed by atoms with Crippen molar-refractivity contribution in [2.24, 2.45) is 0 Å². The van der Waals surface area contributed by atoms with Gasteiger partial charge in [0, 0.05) is 43.7 Å². The average Bonchev–Trinajstić information content (AvgIpc) is 3.04. The highest BCUT2D eigenvalue weighted by atomic mass is 35.5. The smallest absolute Gasteiger partial charge is 0.317 e. The third-order valence-electron chi connectivity index (χ3n) is 5.15. The molecule has 25 heavy (non-hydrogen) atoms. The van der Waals surface area contributed by atoms with Crippen LogP contribution in [0, 0.1) is 0 Å². The fourth-order valence-electron chi connectivity index (χ4n) is 3.69. The molecule has 2 aliphatic heterocycles. The van der Waals surface area contributed by atoms with E-state index < -0.39 is 0 Å². The second kappa shape index (κ2) is 8.56. The maximum atomic E-state index is 12.6. The fourth-order valence-corrected chi connectivity index (χ4v) is 3.82. The molecule has 1 N–H and O–H groups in total. The molecule has 0 spiro atoms. The Morgan fingerprint density at radius 2 is 1.96 bits per heavy atom. The van der Waals surface area contributed by atoms with Crippen LogP contribution in [0.5, 0.6) is 0 Å². The van der Waals surface area contributed by atoms with Gasteiger partial charge in [0.1, 0.15) is 0 Å². The van der Waals surface area contributed by atoms with Gasteiger partial charge in [-0.3, -0.25) is 4.79 Å². The van der Waals surface area contributed by atoms with Gasteiger partial charge in [0.15, 0.2) is 0 Å². The zero-order valence-corrected chi connectivity index (χ0v) is 15.3. The quantitative estimate of drug-likeness (QED) is 0.871. The fraction of sp³-hybridized carbons (Fsp3) is 0.579. The second-order valence-electron chi connectivity index (χ2n) is 6.90. The Labute approximate surface area is 154 Å². The first-order chi connectivity index (χ1) is 12.1. The van der Waals surface area contributed by atoms with Crippen LogP contribution in [0.4, 0.5) is 4.79 Å². The van der Waals surface area contributed by atoms with Gasteiger partial charge in [0.25, 0.3) is 0 Å². The van der Waals surface area contributed by atoms with E-state index in [4.69, 9.17) is 11.6 Å². The minimum absolute atomic E-state index is 0.00704. The summed E-state index contributed by atoms with van der Waals surface area (Å²) < 4.78 is 0. The van der Waals surface area contributed by atoms with Crippen molar-refractivity contribution in [1.29, 1.82) is 0 Å². The van der Waals surface area contributed by atoms with Crippen LogP contribution in [0.1, 0.15) is 44.1 Å². The summed E-state index contributed by atoms with van der Waals surface area (Å²) in [5.41, 5.74) is 1.04. The molecule has 6 heteroatoms. The number of hydrogen-bond acceptors (Lipinski definition) is 2. The number of piperidine rings is 1. The van der Waals surface area contributed by atoms with E-state index in [1.165, 1.54) is 0 Å². The number of nitrogens with one attached hydrogen (secondary N) is 1. The highest BCUT2D eigenvalue weighted by molar-refractivity contribution is 6.30. The molecule has 0 aromatic heterocycles. The van der Waals surface area contributed by atoms with E-state index in [1.807, 2.05) is 34.1 Å². The molecule has 5 nitrogen and oxygen atoms in total. The van der Waals surface area contributed by atoms with Crippen molar-refractivity contribution in [3.8, 4) is 0 Å². The lowest BCUT2D eigenvalue weighted by atomic mass is 9.99. The number of likely N-dealkylation sites (tertiary alicyclic amines) is 2. The SMILES string of the molecule is O=C1CCCN1CC[C@@H]1CCCCN1C(=O)NCc1ccc(Cl)cc1. The molecule has 2 heterocycles. The Kier molecular flexibility index (Phi) is 6.19. The molecule has 2 saturated heterocycles. The lowest BCUT2D eigenvalue weighted by Crippen LogP contribution is -2.49. The summed E-state index contributed by atoms with van der Waals surface area (Å²) in [4.78, 5) is 28.3. The molecule has 1 aromatic rings. The van der Waals surface area contributed by atoms with Gasteiger partial charge in [0.2, 0.25) is 5.91 Å². The zero-order chi connectivity index (χ0) is 17.6. The second-order valence-corrected chi connectivity index (χ2v) is 7.34. The van der Waals surface area contributed by atoms with Gasteiger partial charge in [-0.15, -0.1) is 0 Å². The first-order valence-corrected chi connectivity index (χ1v) is 9.58. The summed E-state index contributed by atoms with van der Waals surface area (Å²) in [5.74, 6) is 0.259. The summed E-state index contributed by atoms with van der Waals surface area (Å²) in [7, 11) is 0. The van der Waals surface area contributed by atoms with Gasteiger partial charge in [0.05, 0.1) is 0 Å². The summed E-state index contributed by atoms with van der Waals surface area (Å²) in [5, 5.41) is 3.72. The monoisotopic (exact) mass is 363 g/mol. The van der Waals surface area contributed by atoms with Crippen LogP contribution >= 0.6 is 11.6 Å². The van der Waals surface area contributed by atoms with Crippen LogP contribution in [0.3, 0.4) is 0 Å². The minimum atomic E-state index is -0.00704. The van der Waals surface area contributed by atoms with Crippen molar-refractivity contribution in [3.05, 3.63) is 34.9 Å². The number of urea groups is 1. The Balaban J connectivity index is 1.51. The normalized spacial score (nSPS) is 20.8. The van der Waals surface area contributed by atoms with Gasteiger partial charge in [-0.05, 0) is 49.8 Å². The molecule has 0 radical (unpaired) electrons. The summed E-state index contributed by atoms with van der Waals surface area (Å²) in [6.45, 7) is 2.94. The number of nitrogens with zero attached hydrogens (tertiary/aromatic N) is 2. The lowest BCUT2D eigenvalue weighted by molar-refractivity contribution is -0.127. The predicted molar refractivity (Wildman–Crippen MR) is 98.5 cm³/mol. The molecule has 0 unspecified atom stereocenters. The number of carbonyl (C=O) groups excluding carboxylic acids is 2. The first kappa shape index (κ1) is 18.1. The third-order valence-corrected chi connectivity index (χ3v) is 5.40. The number of carbonyl (C=O) groups is 2. The van der Waals surface area contributed by atoms with E-state index in [-0.39, 0.29) is 18.0 Å². The lowest BCUT2D eigenvalue weighted by Gasteiger charge is -2.36. The van der Waals surface area contributed by atoms with Crippen molar-refractivity contribution in [2.45, 2.75) is 51.1 Å². The summed E-state index contributed by atoms with van der Waals surface area (Å²) in [6, 6.07) is 7.74. The maximum Gasteiger partial charge on any atom is 0.317 e. The van der Waals surface area contributed by atoms with E-state index in [9.17, 15) is 9.59 Å². The Bertz CT molecular complexity index is 605. The topological polar surface area (TPSA) is 52.7 Å². The molecule has 0 aliphatic carbocycles. The third kappa shape index (κ3) is 4.88. The Morgan fingerprint density at radius 1 is 1.16 bits per heavy atom. The number of amides is 3. The summed E-state index contributed by atoms with van der Waals surface area (Å²) in [6.07, 6.45) is 5.74. The highest BCUT2D eigenvalue weighted by Gasteiger charge is 2.28. The number of halogens is 1. The molecule has 1 aromatic carbocycles. The molecular weight excluding hydrogens is 338 g/mol. The largest absolute Gasteiger partial charge is 0.343 e. The van der Waals surface area contributed by atoms with Gasteiger partial charge in [-0.25, -0.2) is 4.79 Å². The first-order valence-electron chi connectivity index (χ1n) is 9.20. The van der Waals surface area contributed by atoms with E-state index >= 15 is 0 Å². The summed E-state index contributed by atoms with van der Waals surface area (Å²) >= 11 is 5.89. The maximum absolute atomic E-state index is 12.6. The predicted octanol–water partition coefficient (Wildman–Crippen LogP) is 3.42. The molecular formula is C19H26ClN3O2. The van der Waals surface area contributed by atoms with E-state index in [0.717, 1.165) is 57.3 Å². The molecule has 1 atom stereocenters. The Morgan fingerprint density at radius 3 is 2.68 bits per heavy atom. The highest BCUT2D eigenvalue weighted by Crippen LogP contribution is 2.21. The molecule has 0 saturated carbocycles. The van der Waals surface area contributed by atoms with Gasteiger partial charge < -0.3 is 15.1 Å². The minimum Gasteiger partial charge on any atom is -0.343 e. The molecule has 2 fully saturated rings. The number of rotatable bonds is 5. The van der Waals surface area contributed by atoms with Crippen LogP contribution in [0.15, 0.2) is 24.3 Å². The van der Waals surface area contributed by atoms with Crippen LogP contribution in [-0.4, -0.2) is 47.4 Å². The van der Waals surface area contributed by atoms with Crippen molar-refractivity contribution in [1.82, 2.24) is 15.1 Å². The van der Waals surface area contributed by atoms with E-state index in [0.29, 0.717) is 18.0 Å². The zero-order valence-electron chi connectivity index (χ0n) is 14.5.